The second kappa shape index (κ2) is 7.94. The lowest BCUT2D eigenvalue weighted by Gasteiger charge is -2.21. The van der Waals surface area contributed by atoms with Crippen LogP contribution in [-0.4, -0.2) is 29.8 Å². The van der Waals surface area contributed by atoms with Crippen molar-refractivity contribution < 1.29 is 19.4 Å². The molecule has 3 rings (SSSR count). The molecule has 2 aromatic carbocycles. The first-order valence-corrected chi connectivity index (χ1v) is 8.92. The fourth-order valence-corrected chi connectivity index (χ4v) is 3.38. The number of methoxy groups -OCH3 is 1. The van der Waals surface area contributed by atoms with Gasteiger partial charge in [0.05, 0.1) is 12.6 Å². The molecule has 1 aromatic heterocycles. The molecule has 27 heavy (non-hydrogen) atoms. The number of aromatic nitrogens is 1. The van der Waals surface area contributed by atoms with Crippen molar-refractivity contribution in [3.63, 3.8) is 0 Å². The number of aliphatic carboxylic acids is 1. The van der Waals surface area contributed by atoms with Gasteiger partial charge in [-0.05, 0) is 55.3 Å². The number of hydrogen-bond donors (Lipinski definition) is 1. The predicted octanol–water partition coefficient (Wildman–Crippen LogP) is 5.03. The van der Waals surface area contributed by atoms with Crippen molar-refractivity contribution in [3.05, 3.63) is 58.7 Å². The number of ether oxygens (including phenoxy) is 2. The number of carbonyl (C=O) groups is 1. The summed E-state index contributed by atoms with van der Waals surface area (Å²) >= 11 is 6.23. The summed E-state index contributed by atoms with van der Waals surface area (Å²) in [6.45, 7) is 3.83. The Bertz CT molecular complexity index is 986. The highest BCUT2D eigenvalue weighted by Crippen LogP contribution is 2.39. The number of rotatable bonds is 6. The molecule has 0 spiro atoms. The van der Waals surface area contributed by atoms with Crippen LogP contribution in [-0.2, 0) is 9.53 Å². The van der Waals surface area contributed by atoms with Gasteiger partial charge in [-0.1, -0.05) is 23.7 Å². The van der Waals surface area contributed by atoms with Gasteiger partial charge in [-0.2, -0.15) is 0 Å². The molecule has 6 heteroatoms. The Hall–Kier alpha value is -2.63. The van der Waals surface area contributed by atoms with Crippen LogP contribution in [0.5, 0.6) is 5.75 Å². The van der Waals surface area contributed by atoms with Crippen LogP contribution >= 0.6 is 11.6 Å². The van der Waals surface area contributed by atoms with Crippen molar-refractivity contribution in [1.82, 2.24) is 4.98 Å². The molecular formula is C21H20ClNO4. The van der Waals surface area contributed by atoms with Crippen molar-refractivity contribution in [2.75, 3.05) is 13.7 Å². The molecule has 1 N–H and O–H groups in total. The van der Waals surface area contributed by atoms with E-state index in [1.165, 1.54) is 0 Å². The van der Waals surface area contributed by atoms with Gasteiger partial charge in [-0.15, -0.1) is 0 Å². The monoisotopic (exact) mass is 385 g/mol. The summed E-state index contributed by atoms with van der Waals surface area (Å²) in [6, 6.07) is 12.9. The number of pyridine rings is 1. The van der Waals surface area contributed by atoms with Gasteiger partial charge in [-0.3, -0.25) is 4.98 Å². The molecule has 0 bridgehead atoms. The maximum atomic E-state index is 11.9. The first-order chi connectivity index (χ1) is 13.0. The summed E-state index contributed by atoms with van der Waals surface area (Å²) < 4.78 is 10.8. The maximum Gasteiger partial charge on any atom is 0.337 e. The third kappa shape index (κ3) is 3.75. The Morgan fingerprint density at radius 2 is 1.93 bits per heavy atom. The molecule has 1 atom stereocenters. The van der Waals surface area contributed by atoms with Crippen LogP contribution in [0, 0.1) is 6.92 Å². The molecule has 1 unspecified atom stereocenters. The Kier molecular flexibility index (Phi) is 5.63. The molecule has 0 saturated carbocycles. The number of halogens is 1. The maximum absolute atomic E-state index is 11.9. The average Bonchev–Trinajstić information content (AvgIpc) is 2.66. The zero-order valence-corrected chi connectivity index (χ0v) is 16.1. The lowest BCUT2D eigenvalue weighted by Crippen LogP contribution is -2.18. The van der Waals surface area contributed by atoms with Gasteiger partial charge in [0.25, 0.3) is 0 Å². The quantitative estimate of drug-likeness (QED) is 0.644. The van der Waals surface area contributed by atoms with Gasteiger partial charge >= 0.3 is 5.97 Å². The van der Waals surface area contributed by atoms with Gasteiger partial charge in [-0.25, -0.2) is 4.79 Å². The first-order valence-electron chi connectivity index (χ1n) is 8.54. The summed E-state index contributed by atoms with van der Waals surface area (Å²) in [5, 5.41) is 11.1. The van der Waals surface area contributed by atoms with Gasteiger partial charge in [0, 0.05) is 28.3 Å². The van der Waals surface area contributed by atoms with Crippen LogP contribution in [0.3, 0.4) is 0 Å². The number of hydrogen-bond acceptors (Lipinski definition) is 4. The third-order valence-electron chi connectivity index (χ3n) is 4.37. The van der Waals surface area contributed by atoms with Crippen molar-refractivity contribution in [2.24, 2.45) is 0 Å². The summed E-state index contributed by atoms with van der Waals surface area (Å²) in [7, 11) is 1.60. The molecule has 0 amide bonds. The molecule has 0 radical (unpaired) electrons. The zero-order valence-electron chi connectivity index (χ0n) is 15.3. The zero-order chi connectivity index (χ0) is 19.6. The standard InChI is InChI=1S/C21H20ClNO4/c1-4-27-20(21(24)25)18-12(2)23-17-10-7-14(22)11-16(17)19(18)13-5-8-15(26-3)9-6-13/h5-11,20H,4H2,1-3H3,(H,24,25). The van der Waals surface area contributed by atoms with Crippen molar-refractivity contribution in [3.8, 4) is 16.9 Å². The minimum absolute atomic E-state index is 0.270. The van der Waals surface area contributed by atoms with Crippen LogP contribution in [0.4, 0.5) is 0 Å². The van der Waals surface area contributed by atoms with E-state index < -0.39 is 12.1 Å². The largest absolute Gasteiger partial charge is 0.497 e. The van der Waals surface area contributed by atoms with E-state index in [1.54, 1.807) is 33.1 Å². The highest BCUT2D eigenvalue weighted by atomic mass is 35.5. The second-order valence-corrected chi connectivity index (χ2v) is 6.49. The molecule has 1 heterocycles. The molecule has 0 fully saturated rings. The van der Waals surface area contributed by atoms with Crippen LogP contribution in [0.2, 0.25) is 5.02 Å². The lowest BCUT2D eigenvalue weighted by molar-refractivity contribution is -0.150. The van der Waals surface area contributed by atoms with Crippen molar-refractivity contribution >= 4 is 28.5 Å². The molecule has 0 saturated heterocycles. The molecule has 140 valence electrons. The number of carboxylic acid groups (broad SMARTS) is 1. The smallest absolute Gasteiger partial charge is 0.337 e. The molecule has 5 nitrogen and oxygen atoms in total. The van der Waals surface area contributed by atoms with Gasteiger partial charge < -0.3 is 14.6 Å². The minimum Gasteiger partial charge on any atom is -0.497 e. The van der Waals surface area contributed by atoms with Crippen molar-refractivity contribution in [1.29, 1.82) is 0 Å². The van der Waals surface area contributed by atoms with Crippen LogP contribution in [0.25, 0.3) is 22.0 Å². The van der Waals surface area contributed by atoms with E-state index in [9.17, 15) is 9.90 Å². The topological polar surface area (TPSA) is 68.7 Å². The lowest BCUT2D eigenvalue weighted by atomic mass is 9.91. The van der Waals surface area contributed by atoms with Gasteiger partial charge in [0.2, 0.25) is 0 Å². The third-order valence-corrected chi connectivity index (χ3v) is 4.61. The average molecular weight is 386 g/mol. The fraction of sp³-hybridized carbons (Fsp3) is 0.238. The Morgan fingerprint density at radius 3 is 2.52 bits per heavy atom. The first kappa shape index (κ1) is 19.1. The number of benzene rings is 2. The number of carboxylic acids is 1. The van der Waals surface area contributed by atoms with Crippen LogP contribution < -0.4 is 4.74 Å². The molecule has 0 aliphatic rings. The SMILES string of the molecule is CCOC(C(=O)O)c1c(C)nc2ccc(Cl)cc2c1-c1ccc(OC)cc1. The Balaban J connectivity index is 2.38. The molecule has 0 aliphatic heterocycles. The number of nitrogens with zero attached hydrogens (tertiary/aromatic N) is 1. The van der Waals surface area contributed by atoms with Gasteiger partial charge in [0.15, 0.2) is 6.10 Å². The van der Waals surface area contributed by atoms with E-state index in [1.807, 2.05) is 30.3 Å². The summed E-state index contributed by atoms with van der Waals surface area (Å²) in [5.74, 6) is -0.342. The fourth-order valence-electron chi connectivity index (χ4n) is 3.21. The van der Waals surface area contributed by atoms with E-state index in [4.69, 9.17) is 21.1 Å². The predicted molar refractivity (Wildman–Crippen MR) is 105 cm³/mol. The van der Waals surface area contributed by atoms with E-state index >= 15 is 0 Å². The molecule has 3 aromatic rings. The summed E-state index contributed by atoms with van der Waals surface area (Å²) in [4.78, 5) is 16.5. The van der Waals surface area contributed by atoms with Crippen LogP contribution in [0.15, 0.2) is 42.5 Å². The number of aryl methyl sites for hydroxylation is 1. The van der Waals surface area contributed by atoms with E-state index in [-0.39, 0.29) is 6.61 Å². The second-order valence-electron chi connectivity index (χ2n) is 6.05. The number of fused-ring (bicyclic) bond motifs is 1. The van der Waals surface area contributed by atoms with Crippen molar-refractivity contribution in [2.45, 2.75) is 20.0 Å². The van der Waals surface area contributed by atoms with E-state index in [2.05, 4.69) is 4.98 Å². The summed E-state index contributed by atoms with van der Waals surface area (Å²) in [5.41, 5.74) is 3.48. The highest BCUT2D eigenvalue weighted by Gasteiger charge is 2.28. The summed E-state index contributed by atoms with van der Waals surface area (Å²) in [6.07, 6.45) is -1.12. The highest BCUT2D eigenvalue weighted by molar-refractivity contribution is 6.31. The molecular weight excluding hydrogens is 366 g/mol. The Labute approximate surface area is 162 Å². The van der Waals surface area contributed by atoms with E-state index in [0.29, 0.717) is 22.0 Å². The minimum atomic E-state index is -1.12. The molecule has 0 aliphatic carbocycles. The van der Waals surface area contributed by atoms with Gasteiger partial charge in [0.1, 0.15) is 5.75 Å². The normalized spacial score (nSPS) is 12.1. The van der Waals surface area contributed by atoms with E-state index in [0.717, 1.165) is 22.0 Å². The Morgan fingerprint density at radius 1 is 1.22 bits per heavy atom. The van der Waals surface area contributed by atoms with Crippen LogP contribution in [0.1, 0.15) is 24.3 Å².